The van der Waals surface area contributed by atoms with Gasteiger partial charge in [-0.25, -0.2) is 8.78 Å². The van der Waals surface area contributed by atoms with Crippen molar-refractivity contribution in [2.45, 2.75) is 31.8 Å². The number of hydrogen-bond donors (Lipinski definition) is 0. The van der Waals surface area contributed by atoms with Crippen molar-refractivity contribution in [2.75, 3.05) is 0 Å². The van der Waals surface area contributed by atoms with E-state index < -0.39 is 11.6 Å². The van der Waals surface area contributed by atoms with E-state index in [2.05, 4.69) is 4.74 Å². The maximum atomic E-state index is 13.3. The van der Waals surface area contributed by atoms with Crippen LogP contribution in [-0.4, -0.2) is 12.3 Å². The van der Waals surface area contributed by atoms with Gasteiger partial charge in [0.05, 0.1) is 0 Å². The predicted molar refractivity (Wildman–Crippen MR) is 85.3 cm³/mol. The minimum absolute atomic E-state index is 0.0527. The minimum atomic E-state index is -0.574. The van der Waals surface area contributed by atoms with E-state index in [9.17, 15) is 18.4 Å². The number of ketones is 1. The highest BCUT2D eigenvalue weighted by Gasteiger charge is 2.25. The zero-order valence-electron chi connectivity index (χ0n) is 13.1. The van der Waals surface area contributed by atoms with Crippen molar-refractivity contribution in [1.82, 2.24) is 0 Å². The van der Waals surface area contributed by atoms with Gasteiger partial charge in [0, 0.05) is 18.9 Å². The fourth-order valence-corrected chi connectivity index (χ4v) is 2.62. The van der Waals surface area contributed by atoms with E-state index in [4.69, 9.17) is 0 Å². The third-order valence-electron chi connectivity index (χ3n) is 3.81. The van der Waals surface area contributed by atoms with Crippen molar-refractivity contribution >= 4 is 12.3 Å². The molecule has 5 heteroatoms. The van der Waals surface area contributed by atoms with Crippen LogP contribution in [-0.2, 0) is 20.9 Å². The Balaban J connectivity index is 0.000000185. The second kappa shape index (κ2) is 8.91. The number of ether oxygens (including phenoxy) is 1. The third-order valence-corrected chi connectivity index (χ3v) is 3.81. The highest BCUT2D eigenvalue weighted by molar-refractivity contribution is 5.81. The number of carbonyl (C=O) groups excluding carboxylic acids is 2. The standard InChI is InChI=1S/C11H10F2O.C8H8O2/c12-8-2-4-10(11(13)6-8)7-1-3-9(14)5-7;9-7-10-6-8-4-2-1-3-5-8/h2,4,6-7H,1,3,5H2;1-5,7H,6H2. The lowest BCUT2D eigenvalue weighted by Crippen LogP contribution is -1.98. The molecule has 0 aromatic heterocycles. The Morgan fingerprint density at radius 3 is 2.46 bits per heavy atom. The largest absolute Gasteiger partial charge is 0.463 e. The molecule has 1 atom stereocenters. The quantitative estimate of drug-likeness (QED) is 0.790. The minimum Gasteiger partial charge on any atom is -0.463 e. The van der Waals surface area contributed by atoms with E-state index in [1.54, 1.807) is 0 Å². The Hall–Kier alpha value is -2.56. The lowest BCUT2D eigenvalue weighted by molar-refractivity contribution is -0.129. The third kappa shape index (κ3) is 5.26. The molecular formula is C19H18F2O3. The van der Waals surface area contributed by atoms with Crippen LogP contribution in [0.3, 0.4) is 0 Å². The summed E-state index contributed by atoms with van der Waals surface area (Å²) in [4.78, 5) is 20.8. The van der Waals surface area contributed by atoms with Gasteiger partial charge in [0.1, 0.15) is 24.0 Å². The molecule has 126 valence electrons. The molecule has 1 saturated carbocycles. The average molecular weight is 332 g/mol. The van der Waals surface area contributed by atoms with Crippen LogP contribution in [0.4, 0.5) is 8.78 Å². The average Bonchev–Trinajstić information content (AvgIpc) is 3.01. The van der Waals surface area contributed by atoms with Gasteiger partial charge in [-0.05, 0) is 29.5 Å². The zero-order valence-corrected chi connectivity index (χ0v) is 13.1. The van der Waals surface area contributed by atoms with Gasteiger partial charge in [-0.3, -0.25) is 9.59 Å². The summed E-state index contributed by atoms with van der Waals surface area (Å²) >= 11 is 0. The SMILES string of the molecule is O=C1CCC(c2ccc(F)cc2F)C1.O=COCc1ccccc1. The molecule has 0 heterocycles. The monoisotopic (exact) mass is 332 g/mol. The molecule has 1 unspecified atom stereocenters. The van der Waals surface area contributed by atoms with Gasteiger partial charge in [-0.2, -0.15) is 0 Å². The first-order chi connectivity index (χ1) is 11.6. The number of halogens is 2. The van der Waals surface area contributed by atoms with Crippen LogP contribution in [0.25, 0.3) is 0 Å². The van der Waals surface area contributed by atoms with E-state index in [0.29, 0.717) is 37.9 Å². The van der Waals surface area contributed by atoms with E-state index in [0.717, 1.165) is 11.6 Å². The molecule has 0 radical (unpaired) electrons. The van der Waals surface area contributed by atoms with Crippen LogP contribution >= 0.6 is 0 Å². The Kier molecular flexibility index (Phi) is 6.61. The molecule has 2 aromatic rings. The summed E-state index contributed by atoms with van der Waals surface area (Å²) in [5, 5.41) is 0. The highest BCUT2D eigenvalue weighted by atomic mass is 19.1. The summed E-state index contributed by atoms with van der Waals surface area (Å²) in [7, 11) is 0. The summed E-state index contributed by atoms with van der Waals surface area (Å²) in [6.07, 6.45) is 1.59. The molecule has 1 fully saturated rings. The maximum absolute atomic E-state index is 13.3. The summed E-state index contributed by atoms with van der Waals surface area (Å²) in [6.45, 7) is 0.817. The van der Waals surface area contributed by atoms with Crippen molar-refractivity contribution in [1.29, 1.82) is 0 Å². The maximum Gasteiger partial charge on any atom is 0.293 e. The first kappa shape index (κ1) is 17.8. The number of benzene rings is 2. The van der Waals surface area contributed by atoms with Crippen LogP contribution in [0.5, 0.6) is 0 Å². The van der Waals surface area contributed by atoms with E-state index in [1.807, 2.05) is 30.3 Å². The second-order valence-corrected chi connectivity index (χ2v) is 5.54. The molecule has 3 rings (SSSR count). The summed E-state index contributed by atoms with van der Waals surface area (Å²) in [6, 6.07) is 13.1. The Morgan fingerprint density at radius 2 is 1.88 bits per heavy atom. The summed E-state index contributed by atoms with van der Waals surface area (Å²) in [5.74, 6) is -0.998. The van der Waals surface area contributed by atoms with Gasteiger partial charge in [-0.1, -0.05) is 36.4 Å². The van der Waals surface area contributed by atoms with E-state index in [1.165, 1.54) is 12.1 Å². The molecule has 0 bridgehead atoms. The Morgan fingerprint density at radius 1 is 1.12 bits per heavy atom. The molecule has 0 spiro atoms. The van der Waals surface area contributed by atoms with E-state index in [-0.39, 0.29) is 11.7 Å². The molecule has 0 N–H and O–H groups in total. The lowest BCUT2D eigenvalue weighted by atomic mass is 9.97. The second-order valence-electron chi connectivity index (χ2n) is 5.54. The molecule has 0 amide bonds. The number of hydrogen-bond acceptors (Lipinski definition) is 3. The normalized spacial score (nSPS) is 16.2. The molecule has 3 nitrogen and oxygen atoms in total. The first-order valence-electron chi connectivity index (χ1n) is 7.66. The number of rotatable bonds is 4. The van der Waals surface area contributed by atoms with Crippen LogP contribution < -0.4 is 0 Å². The predicted octanol–water partition coefficient (Wildman–Crippen LogP) is 4.16. The topological polar surface area (TPSA) is 43.4 Å². The number of carbonyl (C=O) groups is 2. The fraction of sp³-hybridized carbons (Fsp3) is 0.263. The van der Waals surface area contributed by atoms with Gasteiger partial charge < -0.3 is 4.74 Å². The molecule has 1 aliphatic carbocycles. The molecule has 0 aliphatic heterocycles. The van der Waals surface area contributed by atoms with Gasteiger partial charge in [-0.15, -0.1) is 0 Å². The Bertz CT molecular complexity index is 686. The molecule has 24 heavy (non-hydrogen) atoms. The van der Waals surface area contributed by atoms with Crippen molar-refractivity contribution in [3.05, 3.63) is 71.3 Å². The fourth-order valence-electron chi connectivity index (χ4n) is 2.62. The van der Waals surface area contributed by atoms with Crippen molar-refractivity contribution in [2.24, 2.45) is 0 Å². The van der Waals surface area contributed by atoms with Crippen LogP contribution in [0.15, 0.2) is 48.5 Å². The first-order valence-corrected chi connectivity index (χ1v) is 7.66. The summed E-state index contributed by atoms with van der Waals surface area (Å²) in [5.41, 5.74) is 1.48. The summed E-state index contributed by atoms with van der Waals surface area (Å²) < 4.78 is 30.4. The van der Waals surface area contributed by atoms with Gasteiger partial charge in [0.25, 0.3) is 6.47 Å². The van der Waals surface area contributed by atoms with Gasteiger partial charge in [0.2, 0.25) is 0 Å². The number of Topliss-reactive ketones (excluding diaryl/α,β-unsaturated/α-hetero) is 1. The van der Waals surface area contributed by atoms with Crippen molar-refractivity contribution in [3.63, 3.8) is 0 Å². The molecular weight excluding hydrogens is 314 g/mol. The smallest absolute Gasteiger partial charge is 0.293 e. The van der Waals surface area contributed by atoms with Crippen LogP contribution in [0.1, 0.15) is 36.3 Å². The van der Waals surface area contributed by atoms with Crippen molar-refractivity contribution in [3.8, 4) is 0 Å². The van der Waals surface area contributed by atoms with Crippen LogP contribution in [0.2, 0.25) is 0 Å². The van der Waals surface area contributed by atoms with Gasteiger partial charge >= 0.3 is 0 Å². The van der Waals surface area contributed by atoms with E-state index >= 15 is 0 Å². The molecule has 1 aliphatic rings. The van der Waals surface area contributed by atoms with Crippen molar-refractivity contribution < 1.29 is 23.1 Å². The zero-order chi connectivity index (χ0) is 17.4. The molecule has 2 aromatic carbocycles. The molecule has 0 saturated heterocycles. The van der Waals surface area contributed by atoms with Crippen LogP contribution in [0, 0.1) is 11.6 Å². The lowest BCUT2D eigenvalue weighted by Gasteiger charge is -2.09. The Labute approximate surface area is 139 Å². The highest BCUT2D eigenvalue weighted by Crippen LogP contribution is 2.33. The van der Waals surface area contributed by atoms with Gasteiger partial charge in [0.15, 0.2) is 0 Å².